The number of aromatic nitrogens is 2. The van der Waals surface area contributed by atoms with Gasteiger partial charge in [0.25, 0.3) is 0 Å². The number of nitrogens with zero attached hydrogens (tertiary/aromatic N) is 2. The van der Waals surface area contributed by atoms with Crippen molar-refractivity contribution in [1.82, 2.24) is 9.97 Å². The summed E-state index contributed by atoms with van der Waals surface area (Å²) in [5.41, 5.74) is 4.39. The molecule has 0 N–H and O–H groups in total. The van der Waals surface area contributed by atoms with Crippen LogP contribution in [0.1, 0.15) is 84.4 Å². The fourth-order valence-electron chi connectivity index (χ4n) is 6.40. The summed E-state index contributed by atoms with van der Waals surface area (Å²) in [4.78, 5) is 8.91. The molecule has 5 aromatic carbocycles. The standard InChI is InChI=1S/C28H34N.C23H16NO.Ir/c1-20-13-14-22(15-25(20)21-11-9-8-10-12-21)26-16-23(17-27(2,3)4)24(19-29-26)18-28(5,6)7;1-14-12-21(24-13-15(14)2)20-9-5-8-18-19-11-10-16-6-3-4-7-17(16)22(19)25-23(18)20;/h8-13,15-16,19H,17-18H2,1-7H3;3-8,10-13H,1-2H3;/q2*-1;/i1D3,17D2,18D2;1D,2D3;. The number of pyridine rings is 2. The number of hydrogen-bond acceptors (Lipinski definition) is 3. The molecule has 0 aliphatic rings. The third kappa shape index (κ3) is 8.99. The van der Waals surface area contributed by atoms with Gasteiger partial charge in [-0.05, 0) is 76.4 Å². The Kier molecular flexibility index (Phi) is 8.08. The first-order valence-electron chi connectivity index (χ1n) is 23.6. The van der Waals surface area contributed by atoms with E-state index >= 15 is 0 Å². The number of furan rings is 1. The van der Waals surface area contributed by atoms with E-state index < -0.39 is 37.3 Å². The maximum Gasteiger partial charge on any atom is 0.128 e. The molecule has 3 nitrogen and oxygen atoms in total. The van der Waals surface area contributed by atoms with Gasteiger partial charge >= 0.3 is 0 Å². The predicted octanol–water partition coefficient (Wildman–Crippen LogP) is 13.9. The fraction of sp³-hybridized carbons (Fsp3) is 0.255. The quantitative estimate of drug-likeness (QED) is 0.162. The molecule has 0 unspecified atom stereocenters. The normalized spacial score (nSPS) is 15.6. The molecule has 3 heterocycles. The summed E-state index contributed by atoms with van der Waals surface area (Å²) < 4.78 is 96.6. The van der Waals surface area contributed by atoms with Crippen molar-refractivity contribution in [3.8, 4) is 33.6 Å². The van der Waals surface area contributed by atoms with Crippen molar-refractivity contribution in [1.29, 1.82) is 0 Å². The van der Waals surface area contributed by atoms with Crippen LogP contribution in [0.3, 0.4) is 0 Å². The third-order valence-corrected chi connectivity index (χ3v) is 8.80. The molecule has 3 aromatic heterocycles. The van der Waals surface area contributed by atoms with Crippen molar-refractivity contribution in [2.24, 2.45) is 10.8 Å². The van der Waals surface area contributed by atoms with Crippen molar-refractivity contribution in [2.45, 2.75) is 74.9 Å². The first kappa shape index (κ1) is 27.7. The number of rotatable bonds is 5. The first-order valence-corrected chi connectivity index (χ1v) is 17.9. The van der Waals surface area contributed by atoms with Gasteiger partial charge in [0.1, 0.15) is 5.58 Å². The monoisotopic (exact) mass is 910 g/mol. The van der Waals surface area contributed by atoms with Gasteiger partial charge in [-0.1, -0.05) is 149 Å². The van der Waals surface area contributed by atoms with Gasteiger partial charge in [-0.2, -0.15) is 0 Å². The van der Waals surface area contributed by atoms with Gasteiger partial charge in [0.05, 0.1) is 5.58 Å². The number of hydrogen-bond donors (Lipinski definition) is 0. The van der Waals surface area contributed by atoms with Crippen LogP contribution in [0.4, 0.5) is 0 Å². The summed E-state index contributed by atoms with van der Waals surface area (Å²) in [6.45, 7) is 5.94. The molecule has 0 saturated carbocycles. The zero-order chi connectivity index (χ0) is 47.5. The smallest absolute Gasteiger partial charge is 0.128 e. The zero-order valence-electron chi connectivity index (χ0n) is 42.8. The van der Waals surface area contributed by atoms with Gasteiger partial charge in [0.2, 0.25) is 0 Å². The molecular formula is C51H50IrN2O-2. The summed E-state index contributed by atoms with van der Waals surface area (Å²) >= 11 is 0. The average molecular weight is 910 g/mol. The predicted molar refractivity (Wildman–Crippen MR) is 228 cm³/mol. The van der Waals surface area contributed by atoms with Crippen LogP contribution in [0.5, 0.6) is 0 Å². The van der Waals surface area contributed by atoms with E-state index in [4.69, 9.17) is 19.5 Å². The molecule has 0 fully saturated rings. The van der Waals surface area contributed by atoms with Crippen LogP contribution in [0.2, 0.25) is 0 Å². The van der Waals surface area contributed by atoms with Crippen molar-refractivity contribution in [3.05, 3.63) is 155 Å². The number of benzene rings is 5. The Morgan fingerprint density at radius 2 is 1.36 bits per heavy atom. The van der Waals surface area contributed by atoms with Crippen LogP contribution in [-0.4, -0.2) is 9.97 Å². The average Bonchev–Trinajstić information content (AvgIpc) is 3.64. The summed E-state index contributed by atoms with van der Waals surface area (Å²) in [6, 6.07) is 37.8. The second-order valence-electron chi connectivity index (χ2n) is 15.5. The van der Waals surface area contributed by atoms with Gasteiger partial charge in [-0.25, -0.2) is 0 Å². The van der Waals surface area contributed by atoms with Crippen LogP contribution >= 0.6 is 0 Å². The van der Waals surface area contributed by atoms with Crippen LogP contribution in [0, 0.1) is 43.6 Å². The molecule has 55 heavy (non-hydrogen) atoms. The third-order valence-electron chi connectivity index (χ3n) is 8.80. The molecule has 0 spiro atoms. The van der Waals surface area contributed by atoms with Crippen LogP contribution in [0.25, 0.3) is 66.4 Å². The molecule has 0 amide bonds. The van der Waals surface area contributed by atoms with E-state index in [1.54, 1.807) is 59.7 Å². The second-order valence-corrected chi connectivity index (χ2v) is 15.5. The Morgan fingerprint density at radius 3 is 2.11 bits per heavy atom. The number of fused-ring (bicyclic) bond motifs is 5. The van der Waals surface area contributed by atoms with E-state index in [-0.39, 0.29) is 49.3 Å². The molecule has 0 bridgehead atoms. The van der Waals surface area contributed by atoms with E-state index in [0.717, 1.165) is 32.7 Å². The Bertz CT molecular complexity index is 3040. The molecule has 0 aliphatic heterocycles. The van der Waals surface area contributed by atoms with Gasteiger partial charge < -0.3 is 14.4 Å². The summed E-state index contributed by atoms with van der Waals surface area (Å²) in [7, 11) is 0. The molecule has 281 valence electrons. The minimum absolute atomic E-state index is 0. The minimum atomic E-state index is -2.34. The van der Waals surface area contributed by atoms with E-state index in [2.05, 4.69) is 28.2 Å². The van der Waals surface area contributed by atoms with Gasteiger partial charge in [0.15, 0.2) is 0 Å². The number of aryl methyl sites for hydroxylation is 3. The van der Waals surface area contributed by atoms with Crippen molar-refractivity contribution < 1.29 is 39.6 Å². The van der Waals surface area contributed by atoms with E-state index in [1.807, 2.05) is 72.8 Å². The summed E-state index contributed by atoms with van der Waals surface area (Å²) in [6.07, 6.45) is -0.958. The fourth-order valence-corrected chi connectivity index (χ4v) is 6.40. The Morgan fingerprint density at radius 1 is 0.655 bits per heavy atom. The molecule has 0 atom stereocenters. The van der Waals surface area contributed by atoms with Crippen LogP contribution in [0.15, 0.2) is 120 Å². The zero-order valence-corrected chi connectivity index (χ0v) is 34.2. The van der Waals surface area contributed by atoms with Crippen molar-refractivity contribution in [2.75, 3.05) is 0 Å². The molecule has 8 aromatic rings. The largest absolute Gasteiger partial charge is 0.500 e. The van der Waals surface area contributed by atoms with Gasteiger partial charge in [0, 0.05) is 58.3 Å². The summed E-state index contributed by atoms with van der Waals surface area (Å²) in [5, 5.41) is 4.09. The van der Waals surface area contributed by atoms with Crippen LogP contribution < -0.4 is 0 Å². The molecule has 4 heteroatoms. The minimum Gasteiger partial charge on any atom is -0.500 e. The Balaban J connectivity index is 0.000000219. The Hall–Kier alpha value is -4.89. The van der Waals surface area contributed by atoms with E-state index in [1.165, 1.54) is 18.5 Å². The second kappa shape index (κ2) is 16.1. The van der Waals surface area contributed by atoms with Crippen molar-refractivity contribution in [3.63, 3.8) is 0 Å². The van der Waals surface area contributed by atoms with E-state index in [0.29, 0.717) is 39.2 Å². The van der Waals surface area contributed by atoms with Gasteiger partial charge in [-0.15, -0.1) is 47.5 Å². The molecule has 8 rings (SSSR count). The summed E-state index contributed by atoms with van der Waals surface area (Å²) in [5.74, 6) is 0. The molecular weight excluding hydrogens is 849 g/mol. The molecule has 0 saturated heterocycles. The first-order chi connectivity index (χ1) is 30.3. The maximum atomic E-state index is 8.98. The molecule has 0 aliphatic carbocycles. The van der Waals surface area contributed by atoms with E-state index in [9.17, 15) is 0 Å². The van der Waals surface area contributed by atoms with Gasteiger partial charge in [-0.3, -0.25) is 0 Å². The maximum absolute atomic E-state index is 8.98. The SMILES string of the molecule is [2H]C([2H])([2H])c1c[c-]c(-c2cc(C([2H])([2H])C(C)(C)C)c(C([2H])([2H])C(C)(C)C)cn2)cc1-c1ccccc1.[2H]Cc1cc(-c2[c-]ccc3c2oc2c4ccccc4ccc32)ncc1C([2H])([2H])[2H].[Ir]. The Labute approximate surface area is 356 Å². The molecule has 1 radical (unpaired) electrons. The topological polar surface area (TPSA) is 38.9 Å². The van der Waals surface area contributed by atoms with Crippen LogP contribution in [-0.2, 0) is 32.9 Å². The van der Waals surface area contributed by atoms with Crippen molar-refractivity contribution >= 4 is 32.7 Å².